The molecule has 0 aromatic heterocycles. The first-order chi connectivity index (χ1) is 5.20. The molecule has 1 atom stereocenters. The Bertz CT molecular complexity index is 112. The molecule has 11 heavy (non-hydrogen) atoms. The van der Waals surface area contributed by atoms with Crippen molar-refractivity contribution < 1.29 is 14.6 Å². The minimum atomic E-state index is -0.337. The molecule has 1 unspecified atom stereocenters. The summed E-state index contributed by atoms with van der Waals surface area (Å²) >= 11 is 0. The molecule has 0 saturated heterocycles. The Morgan fingerprint density at radius 2 is 2.27 bits per heavy atom. The number of Topliss-reactive ketones (excluding diaryl/α,β-unsaturated/α-hetero) is 1. The molecule has 0 amide bonds. The monoisotopic (exact) mass is 160 g/mol. The zero-order chi connectivity index (χ0) is 8.69. The first kappa shape index (κ1) is 10.6. The number of hydrogen-bond acceptors (Lipinski definition) is 3. The van der Waals surface area contributed by atoms with Gasteiger partial charge in [-0.1, -0.05) is 6.92 Å². The molecule has 0 aromatic rings. The molecule has 66 valence electrons. The standard InChI is InChI=1S/C8H16O3/c1-3-7(9)4-5-8(10)6-11-2/h7,9H,3-6H2,1-2H3. The first-order valence-corrected chi connectivity index (χ1v) is 3.89. The summed E-state index contributed by atoms with van der Waals surface area (Å²) in [4.78, 5) is 10.8. The Labute approximate surface area is 67.4 Å². The topological polar surface area (TPSA) is 46.5 Å². The minimum Gasteiger partial charge on any atom is -0.393 e. The number of ether oxygens (including phenoxy) is 1. The largest absolute Gasteiger partial charge is 0.393 e. The third kappa shape index (κ3) is 6.01. The lowest BCUT2D eigenvalue weighted by molar-refractivity contribution is -0.123. The SMILES string of the molecule is CCC(O)CCC(=O)COC. The third-order valence-corrected chi connectivity index (χ3v) is 1.53. The van der Waals surface area contributed by atoms with Gasteiger partial charge in [0.05, 0.1) is 6.10 Å². The van der Waals surface area contributed by atoms with Crippen molar-refractivity contribution in [3.63, 3.8) is 0 Å². The lowest BCUT2D eigenvalue weighted by atomic mass is 10.1. The van der Waals surface area contributed by atoms with Gasteiger partial charge < -0.3 is 9.84 Å². The van der Waals surface area contributed by atoms with Gasteiger partial charge in [0.15, 0.2) is 5.78 Å². The molecule has 0 aromatic carbocycles. The van der Waals surface area contributed by atoms with Gasteiger partial charge >= 0.3 is 0 Å². The van der Waals surface area contributed by atoms with E-state index in [0.717, 1.165) is 0 Å². The average molecular weight is 160 g/mol. The number of carbonyl (C=O) groups is 1. The van der Waals surface area contributed by atoms with Gasteiger partial charge in [-0.15, -0.1) is 0 Å². The summed E-state index contributed by atoms with van der Waals surface area (Å²) in [7, 11) is 1.49. The Kier molecular flexibility index (Phi) is 6.07. The van der Waals surface area contributed by atoms with Gasteiger partial charge in [-0.2, -0.15) is 0 Å². The summed E-state index contributed by atoms with van der Waals surface area (Å²) in [5.41, 5.74) is 0. The van der Waals surface area contributed by atoms with Gasteiger partial charge in [-0.05, 0) is 12.8 Å². The van der Waals surface area contributed by atoms with E-state index in [2.05, 4.69) is 4.74 Å². The summed E-state index contributed by atoms with van der Waals surface area (Å²) in [6.45, 7) is 2.06. The molecular formula is C8H16O3. The normalized spacial score (nSPS) is 13.0. The van der Waals surface area contributed by atoms with Crippen molar-refractivity contribution in [2.75, 3.05) is 13.7 Å². The van der Waals surface area contributed by atoms with Crippen LogP contribution < -0.4 is 0 Å². The van der Waals surface area contributed by atoms with Crippen molar-refractivity contribution in [2.45, 2.75) is 32.3 Å². The summed E-state index contributed by atoms with van der Waals surface area (Å²) in [5, 5.41) is 9.08. The van der Waals surface area contributed by atoms with Crippen LogP contribution in [0.15, 0.2) is 0 Å². The smallest absolute Gasteiger partial charge is 0.158 e. The van der Waals surface area contributed by atoms with Crippen molar-refractivity contribution in [1.29, 1.82) is 0 Å². The van der Waals surface area contributed by atoms with Crippen LogP contribution in [-0.4, -0.2) is 30.7 Å². The molecule has 0 aliphatic heterocycles. The van der Waals surface area contributed by atoms with E-state index in [1.165, 1.54) is 7.11 Å². The van der Waals surface area contributed by atoms with Crippen LogP contribution in [0.2, 0.25) is 0 Å². The fraction of sp³-hybridized carbons (Fsp3) is 0.875. The van der Waals surface area contributed by atoms with Crippen LogP contribution in [0, 0.1) is 0 Å². The molecule has 0 radical (unpaired) electrons. The van der Waals surface area contributed by atoms with Crippen molar-refractivity contribution in [3.8, 4) is 0 Å². The van der Waals surface area contributed by atoms with Gasteiger partial charge in [0.25, 0.3) is 0 Å². The van der Waals surface area contributed by atoms with Crippen molar-refractivity contribution >= 4 is 5.78 Å². The molecule has 3 heteroatoms. The molecular weight excluding hydrogens is 144 g/mol. The van der Waals surface area contributed by atoms with Gasteiger partial charge in [-0.25, -0.2) is 0 Å². The predicted octanol–water partition coefficient (Wildman–Crippen LogP) is 0.753. The second kappa shape index (κ2) is 6.31. The Hall–Kier alpha value is -0.410. The maximum atomic E-state index is 10.8. The lowest BCUT2D eigenvalue weighted by Gasteiger charge is -2.05. The van der Waals surface area contributed by atoms with Gasteiger partial charge in [-0.3, -0.25) is 4.79 Å². The number of ketones is 1. The zero-order valence-corrected chi connectivity index (χ0v) is 7.17. The number of hydrogen-bond donors (Lipinski definition) is 1. The summed E-state index contributed by atoms with van der Waals surface area (Å²) in [5.74, 6) is 0.0556. The van der Waals surface area contributed by atoms with E-state index in [1.807, 2.05) is 6.92 Å². The molecule has 0 bridgehead atoms. The van der Waals surface area contributed by atoms with E-state index in [-0.39, 0.29) is 18.5 Å². The second-order valence-electron chi connectivity index (χ2n) is 2.57. The highest BCUT2D eigenvalue weighted by molar-refractivity contribution is 5.79. The molecule has 0 aliphatic carbocycles. The van der Waals surface area contributed by atoms with Crippen LogP contribution in [-0.2, 0) is 9.53 Å². The summed E-state index contributed by atoms with van der Waals surface area (Å²) in [6, 6.07) is 0. The van der Waals surface area contributed by atoms with E-state index < -0.39 is 0 Å². The molecule has 0 spiro atoms. The van der Waals surface area contributed by atoms with E-state index in [1.54, 1.807) is 0 Å². The van der Waals surface area contributed by atoms with E-state index in [9.17, 15) is 4.79 Å². The highest BCUT2D eigenvalue weighted by atomic mass is 16.5. The molecule has 1 N–H and O–H groups in total. The van der Waals surface area contributed by atoms with E-state index >= 15 is 0 Å². The molecule has 3 nitrogen and oxygen atoms in total. The lowest BCUT2D eigenvalue weighted by Crippen LogP contribution is -2.11. The van der Waals surface area contributed by atoms with Gasteiger partial charge in [0.1, 0.15) is 6.61 Å². The number of methoxy groups -OCH3 is 1. The van der Waals surface area contributed by atoms with Crippen LogP contribution in [0.1, 0.15) is 26.2 Å². The molecule has 0 aliphatic rings. The van der Waals surface area contributed by atoms with Crippen molar-refractivity contribution in [3.05, 3.63) is 0 Å². The first-order valence-electron chi connectivity index (χ1n) is 3.89. The quantitative estimate of drug-likeness (QED) is 0.623. The fourth-order valence-corrected chi connectivity index (χ4v) is 0.765. The number of aliphatic hydroxyl groups is 1. The number of aliphatic hydroxyl groups excluding tert-OH is 1. The van der Waals surface area contributed by atoms with Gasteiger partial charge in [0, 0.05) is 13.5 Å². The van der Waals surface area contributed by atoms with Crippen LogP contribution in [0.25, 0.3) is 0 Å². The molecule has 0 rings (SSSR count). The van der Waals surface area contributed by atoms with Crippen LogP contribution >= 0.6 is 0 Å². The molecule has 0 heterocycles. The Morgan fingerprint density at radius 3 is 2.73 bits per heavy atom. The van der Waals surface area contributed by atoms with E-state index in [0.29, 0.717) is 19.3 Å². The second-order valence-corrected chi connectivity index (χ2v) is 2.57. The van der Waals surface area contributed by atoms with Crippen molar-refractivity contribution in [2.24, 2.45) is 0 Å². The maximum absolute atomic E-state index is 10.8. The Morgan fingerprint density at radius 1 is 1.64 bits per heavy atom. The summed E-state index contributed by atoms with van der Waals surface area (Å²) < 4.78 is 4.64. The summed E-state index contributed by atoms with van der Waals surface area (Å²) in [6.07, 6.45) is 1.35. The van der Waals surface area contributed by atoms with Gasteiger partial charge in [0.2, 0.25) is 0 Å². The highest BCUT2D eigenvalue weighted by Gasteiger charge is 2.05. The fourth-order valence-electron chi connectivity index (χ4n) is 0.765. The highest BCUT2D eigenvalue weighted by Crippen LogP contribution is 2.01. The van der Waals surface area contributed by atoms with Crippen LogP contribution in [0.3, 0.4) is 0 Å². The average Bonchev–Trinajstić information content (AvgIpc) is 2.01. The third-order valence-electron chi connectivity index (χ3n) is 1.53. The van der Waals surface area contributed by atoms with Crippen molar-refractivity contribution in [1.82, 2.24) is 0 Å². The minimum absolute atomic E-state index is 0.0556. The van der Waals surface area contributed by atoms with Crippen LogP contribution in [0.5, 0.6) is 0 Å². The predicted molar refractivity (Wildman–Crippen MR) is 42.4 cm³/mol. The van der Waals surface area contributed by atoms with Crippen LogP contribution in [0.4, 0.5) is 0 Å². The molecule has 0 fully saturated rings. The maximum Gasteiger partial charge on any atom is 0.158 e. The Balaban J connectivity index is 3.30. The zero-order valence-electron chi connectivity index (χ0n) is 7.17. The van der Waals surface area contributed by atoms with E-state index in [4.69, 9.17) is 5.11 Å². The number of carbonyl (C=O) groups excluding carboxylic acids is 1. The molecule has 0 saturated carbocycles. The number of rotatable bonds is 6.